The first kappa shape index (κ1) is 15.6. The van der Waals surface area contributed by atoms with E-state index in [0.717, 1.165) is 35.5 Å². The molecule has 1 aliphatic rings. The van der Waals surface area contributed by atoms with Gasteiger partial charge in [0.15, 0.2) is 5.82 Å². The summed E-state index contributed by atoms with van der Waals surface area (Å²) in [5.41, 5.74) is 3.34. The van der Waals surface area contributed by atoms with Crippen molar-refractivity contribution >= 4 is 11.6 Å². The molecule has 3 aromatic rings. The van der Waals surface area contributed by atoms with E-state index in [1.54, 1.807) is 0 Å². The highest BCUT2D eigenvalue weighted by atomic mass is 16.5. The van der Waals surface area contributed by atoms with Crippen LogP contribution in [0, 0.1) is 6.92 Å². The average molecular weight is 333 g/mol. The van der Waals surface area contributed by atoms with Crippen LogP contribution in [0.25, 0.3) is 0 Å². The number of para-hydroxylation sites is 1. The molecule has 1 saturated carbocycles. The smallest absolute Gasteiger partial charge is 0.255 e. The first-order valence-electron chi connectivity index (χ1n) is 8.48. The lowest BCUT2D eigenvalue weighted by atomic mass is 10.1. The Morgan fingerprint density at radius 3 is 2.72 bits per heavy atom. The molecule has 1 heterocycles. The Morgan fingerprint density at radius 2 is 1.92 bits per heavy atom. The number of nitrogens with zero attached hydrogens (tertiary/aromatic N) is 2. The van der Waals surface area contributed by atoms with Gasteiger partial charge in [-0.1, -0.05) is 41.6 Å². The van der Waals surface area contributed by atoms with Crippen LogP contribution in [0.4, 0.5) is 5.69 Å². The lowest BCUT2D eigenvalue weighted by Gasteiger charge is -2.11. The van der Waals surface area contributed by atoms with Gasteiger partial charge in [0.2, 0.25) is 5.89 Å². The maximum Gasteiger partial charge on any atom is 0.255 e. The number of hydrogen-bond donors (Lipinski definition) is 1. The number of aromatic nitrogens is 2. The van der Waals surface area contributed by atoms with Crippen molar-refractivity contribution in [3.8, 4) is 0 Å². The molecule has 126 valence electrons. The lowest BCUT2D eigenvalue weighted by molar-refractivity contribution is 0.102. The highest BCUT2D eigenvalue weighted by Crippen LogP contribution is 2.38. The molecule has 5 heteroatoms. The molecule has 1 amide bonds. The van der Waals surface area contributed by atoms with Crippen LogP contribution in [0.15, 0.2) is 53.1 Å². The van der Waals surface area contributed by atoms with E-state index in [9.17, 15) is 4.79 Å². The van der Waals surface area contributed by atoms with Crippen LogP contribution < -0.4 is 5.32 Å². The summed E-state index contributed by atoms with van der Waals surface area (Å²) in [5, 5.41) is 7.05. The van der Waals surface area contributed by atoms with Gasteiger partial charge in [-0.2, -0.15) is 4.98 Å². The zero-order valence-electron chi connectivity index (χ0n) is 14.0. The van der Waals surface area contributed by atoms with Crippen molar-refractivity contribution < 1.29 is 9.32 Å². The second kappa shape index (κ2) is 6.51. The SMILES string of the molecule is Cc1ccccc1C(=O)Nc1ccccc1Cc1nc(C2CC2)no1. The molecule has 25 heavy (non-hydrogen) atoms. The standard InChI is InChI=1S/C20H19N3O2/c1-13-6-2-4-8-16(13)20(24)21-17-9-5-3-7-15(17)12-18-22-19(23-25-18)14-10-11-14/h2-9,14H,10-12H2,1H3,(H,21,24). The lowest BCUT2D eigenvalue weighted by Crippen LogP contribution is -2.14. The summed E-state index contributed by atoms with van der Waals surface area (Å²) in [6.07, 6.45) is 2.79. The number of anilines is 1. The van der Waals surface area contributed by atoms with Crippen molar-refractivity contribution in [1.82, 2.24) is 10.1 Å². The maximum absolute atomic E-state index is 12.6. The minimum atomic E-state index is -0.116. The minimum Gasteiger partial charge on any atom is -0.339 e. The van der Waals surface area contributed by atoms with Gasteiger partial charge in [-0.25, -0.2) is 0 Å². The van der Waals surface area contributed by atoms with Crippen LogP contribution >= 0.6 is 0 Å². The summed E-state index contributed by atoms with van der Waals surface area (Å²) < 4.78 is 5.36. The fraction of sp³-hybridized carbons (Fsp3) is 0.250. The van der Waals surface area contributed by atoms with Crippen LogP contribution in [0.3, 0.4) is 0 Å². The van der Waals surface area contributed by atoms with Crippen molar-refractivity contribution in [2.24, 2.45) is 0 Å². The van der Waals surface area contributed by atoms with Crippen molar-refractivity contribution in [1.29, 1.82) is 0 Å². The molecule has 0 radical (unpaired) electrons. The fourth-order valence-corrected chi connectivity index (χ4v) is 2.82. The van der Waals surface area contributed by atoms with Gasteiger partial charge >= 0.3 is 0 Å². The Bertz CT molecular complexity index is 913. The molecule has 0 saturated heterocycles. The number of benzene rings is 2. The predicted octanol–water partition coefficient (Wildman–Crippen LogP) is 4.10. The second-order valence-electron chi connectivity index (χ2n) is 6.42. The largest absolute Gasteiger partial charge is 0.339 e. The van der Waals surface area contributed by atoms with Gasteiger partial charge in [0, 0.05) is 17.2 Å². The van der Waals surface area contributed by atoms with Crippen LogP contribution in [-0.2, 0) is 6.42 Å². The molecule has 0 atom stereocenters. The first-order chi connectivity index (χ1) is 12.2. The molecule has 0 spiro atoms. The highest BCUT2D eigenvalue weighted by molar-refractivity contribution is 6.05. The van der Waals surface area contributed by atoms with Gasteiger partial charge in [0.05, 0.1) is 6.42 Å². The molecule has 1 aromatic heterocycles. The number of nitrogens with one attached hydrogen (secondary N) is 1. The maximum atomic E-state index is 12.6. The number of hydrogen-bond acceptors (Lipinski definition) is 4. The quantitative estimate of drug-likeness (QED) is 0.763. The normalized spacial score (nSPS) is 13.6. The molecule has 0 aliphatic heterocycles. The van der Waals surface area contributed by atoms with Gasteiger partial charge in [-0.15, -0.1) is 0 Å². The minimum absolute atomic E-state index is 0.116. The molecular weight excluding hydrogens is 314 g/mol. The van der Waals surface area contributed by atoms with Crippen molar-refractivity contribution in [3.05, 3.63) is 76.9 Å². The van der Waals surface area contributed by atoms with E-state index < -0.39 is 0 Å². The van der Waals surface area contributed by atoms with Gasteiger partial charge in [0.1, 0.15) is 0 Å². The Labute approximate surface area is 146 Å². The van der Waals surface area contributed by atoms with E-state index in [1.165, 1.54) is 0 Å². The molecule has 4 rings (SSSR count). The van der Waals surface area contributed by atoms with Crippen LogP contribution in [0.5, 0.6) is 0 Å². The van der Waals surface area contributed by atoms with Crippen molar-refractivity contribution in [2.75, 3.05) is 5.32 Å². The molecule has 1 N–H and O–H groups in total. The fourth-order valence-electron chi connectivity index (χ4n) is 2.82. The number of rotatable bonds is 5. The molecule has 0 unspecified atom stereocenters. The van der Waals surface area contributed by atoms with Gasteiger partial charge in [-0.05, 0) is 43.0 Å². The van der Waals surface area contributed by atoms with E-state index in [2.05, 4.69) is 15.5 Å². The third-order valence-electron chi connectivity index (χ3n) is 4.42. The zero-order chi connectivity index (χ0) is 17.2. The summed E-state index contributed by atoms with van der Waals surface area (Å²) in [6.45, 7) is 1.93. The summed E-state index contributed by atoms with van der Waals surface area (Å²) >= 11 is 0. The first-order valence-corrected chi connectivity index (χ1v) is 8.48. The third kappa shape index (κ3) is 3.45. The molecule has 1 fully saturated rings. The van der Waals surface area contributed by atoms with Crippen LogP contribution in [0.2, 0.25) is 0 Å². The topological polar surface area (TPSA) is 68.0 Å². The number of carbonyl (C=O) groups excluding carboxylic acids is 1. The Balaban J connectivity index is 1.54. The number of aryl methyl sites for hydroxylation is 1. The van der Waals surface area contributed by atoms with Gasteiger partial charge in [-0.3, -0.25) is 4.79 Å². The zero-order valence-corrected chi connectivity index (χ0v) is 14.0. The van der Waals surface area contributed by atoms with E-state index in [-0.39, 0.29) is 5.91 Å². The Hall–Kier alpha value is -2.95. The summed E-state index contributed by atoms with van der Waals surface area (Å²) in [7, 11) is 0. The van der Waals surface area contributed by atoms with Gasteiger partial charge in [0.25, 0.3) is 5.91 Å². The monoisotopic (exact) mass is 333 g/mol. The number of amides is 1. The molecule has 1 aliphatic carbocycles. The van der Waals surface area contributed by atoms with E-state index >= 15 is 0 Å². The highest BCUT2D eigenvalue weighted by Gasteiger charge is 2.28. The predicted molar refractivity (Wildman–Crippen MR) is 94.7 cm³/mol. The van der Waals surface area contributed by atoms with Crippen molar-refractivity contribution in [2.45, 2.75) is 32.1 Å². The van der Waals surface area contributed by atoms with E-state index in [1.807, 2.05) is 55.5 Å². The average Bonchev–Trinajstić information content (AvgIpc) is 3.36. The second-order valence-corrected chi connectivity index (χ2v) is 6.42. The molecule has 5 nitrogen and oxygen atoms in total. The Kier molecular flexibility index (Phi) is 4.06. The van der Waals surface area contributed by atoms with Crippen LogP contribution in [0.1, 0.15) is 52.0 Å². The summed E-state index contributed by atoms with van der Waals surface area (Å²) in [6, 6.07) is 15.3. The molecule has 0 bridgehead atoms. The summed E-state index contributed by atoms with van der Waals surface area (Å²) in [4.78, 5) is 17.0. The van der Waals surface area contributed by atoms with E-state index in [0.29, 0.717) is 23.8 Å². The van der Waals surface area contributed by atoms with Crippen LogP contribution in [-0.4, -0.2) is 16.0 Å². The summed E-state index contributed by atoms with van der Waals surface area (Å²) in [5.74, 6) is 1.74. The molecule has 2 aromatic carbocycles. The number of carbonyl (C=O) groups is 1. The van der Waals surface area contributed by atoms with E-state index in [4.69, 9.17) is 4.52 Å². The van der Waals surface area contributed by atoms with Gasteiger partial charge < -0.3 is 9.84 Å². The van der Waals surface area contributed by atoms with Crippen molar-refractivity contribution in [3.63, 3.8) is 0 Å². The third-order valence-corrected chi connectivity index (χ3v) is 4.42. The molecular formula is C20H19N3O2. The Morgan fingerprint density at radius 1 is 1.16 bits per heavy atom.